The van der Waals surface area contributed by atoms with Gasteiger partial charge in [-0.2, -0.15) is 0 Å². The first-order valence-electron chi connectivity index (χ1n) is 11.8. The maximum atomic E-state index is 12.6. The van der Waals surface area contributed by atoms with E-state index in [1.807, 2.05) is 24.3 Å². The van der Waals surface area contributed by atoms with Crippen LogP contribution in [0.15, 0.2) is 54.6 Å². The molecule has 188 valence electrons. The predicted molar refractivity (Wildman–Crippen MR) is 140 cm³/mol. The number of ether oxygens (including phenoxy) is 1. The number of amides is 1. The average Bonchev–Trinajstić information content (AvgIpc) is 2.87. The largest absolute Gasteiger partial charge is 0.480 e. The van der Waals surface area contributed by atoms with Gasteiger partial charge in [-0.3, -0.25) is 4.79 Å². The maximum absolute atomic E-state index is 12.6. The maximum Gasteiger partial charge on any atom is 0.326 e. The second-order valence-electron chi connectivity index (χ2n) is 8.62. The van der Waals surface area contributed by atoms with Crippen molar-refractivity contribution in [1.29, 1.82) is 0 Å². The third kappa shape index (κ3) is 6.75. The van der Waals surface area contributed by atoms with Gasteiger partial charge in [-0.1, -0.05) is 59.6 Å². The molecule has 0 radical (unpaired) electrons. The molecule has 7 nitrogen and oxygen atoms in total. The Labute approximate surface area is 219 Å². The van der Waals surface area contributed by atoms with Gasteiger partial charge in [-0.05, 0) is 47.7 Å². The van der Waals surface area contributed by atoms with Gasteiger partial charge < -0.3 is 20.5 Å². The Morgan fingerprint density at radius 2 is 1.78 bits per heavy atom. The van der Waals surface area contributed by atoms with Crippen LogP contribution in [0.2, 0.25) is 10.0 Å². The zero-order valence-corrected chi connectivity index (χ0v) is 21.1. The van der Waals surface area contributed by atoms with Gasteiger partial charge in [0.1, 0.15) is 11.9 Å². The molecule has 2 heterocycles. The first kappa shape index (κ1) is 25.9. The minimum Gasteiger partial charge on any atom is -0.480 e. The summed E-state index contributed by atoms with van der Waals surface area (Å²) in [6, 6.07) is 15.2. The molecule has 1 atom stereocenters. The number of aliphatic carboxylic acids is 1. The molecule has 0 unspecified atom stereocenters. The van der Waals surface area contributed by atoms with Crippen molar-refractivity contribution in [2.24, 2.45) is 0 Å². The van der Waals surface area contributed by atoms with E-state index in [-0.39, 0.29) is 22.0 Å². The van der Waals surface area contributed by atoms with Crippen molar-refractivity contribution >= 4 is 40.9 Å². The number of aryl methyl sites for hydroxylation is 1. The van der Waals surface area contributed by atoms with Gasteiger partial charge in [-0.25, -0.2) is 9.78 Å². The zero-order valence-electron chi connectivity index (χ0n) is 19.6. The normalized spacial score (nSPS) is 13.4. The highest BCUT2D eigenvalue weighted by molar-refractivity contribution is 6.39. The van der Waals surface area contributed by atoms with Gasteiger partial charge in [-0.15, -0.1) is 0 Å². The number of carbonyl (C=O) groups is 2. The van der Waals surface area contributed by atoms with E-state index in [1.165, 1.54) is 17.7 Å². The van der Waals surface area contributed by atoms with Gasteiger partial charge in [0.15, 0.2) is 0 Å². The molecule has 2 aromatic carbocycles. The topological polar surface area (TPSA) is 101 Å². The summed E-state index contributed by atoms with van der Waals surface area (Å²) in [6.45, 7) is 1.95. The summed E-state index contributed by atoms with van der Waals surface area (Å²) >= 11 is 12.1. The number of carbonyl (C=O) groups excluding carboxylic acids is 1. The minimum atomic E-state index is -1.15. The molecule has 1 aliphatic heterocycles. The fourth-order valence-electron chi connectivity index (χ4n) is 4.03. The molecule has 1 amide bonds. The van der Waals surface area contributed by atoms with Crippen LogP contribution >= 0.6 is 23.2 Å². The Bertz CT molecular complexity index is 1210. The van der Waals surface area contributed by atoms with Crippen molar-refractivity contribution in [3.63, 3.8) is 0 Å². The van der Waals surface area contributed by atoms with Crippen molar-refractivity contribution in [3.05, 3.63) is 92.6 Å². The van der Waals surface area contributed by atoms with E-state index in [0.29, 0.717) is 13.2 Å². The molecule has 4 rings (SSSR count). The Balaban J connectivity index is 1.27. The molecular formula is C27H27Cl2N3O4. The van der Waals surface area contributed by atoms with Crippen LogP contribution in [0.25, 0.3) is 0 Å². The van der Waals surface area contributed by atoms with Crippen molar-refractivity contribution in [2.75, 3.05) is 18.5 Å². The molecule has 9 heteroatoms. The smallest absolute Gasteiger partial charge is 0.326 e. The summed E-state index contributed by atoms with van der Waals surface area (Å²) in [5.74, 6) is -0.794. The van der Waals surface area contributed by atoms with E-state index >= 15 is 0 Å². The second-order valence-corrected chi connectivity index (χ2v) is 9.44. The number of pyridine rings is 1. The molecule has 0 aliphatic carbocycles. The van der Waals surface area contributed by atoms with E-state index in [2.05, 4.69) is 27.8 Å². The number of fused-ring (bicyclic) bond motifs is 1. The van der Waals surface area contributed by atoms with Gasteiger partial charge in [0.05, 0.1) is 28.8 Å². The highest BCUT2D eigenvalue weighted by atomic mass is 35.5. The van der Waals surface area contributed by atoms with Crippen molar-refractivity contribution in [1.82, 2.24) is 10.3 Å². The number of benzene rings is 2. The summed E-state index contributed by atoms with van der Waals surface area (Å²) < 4.78 is 5.81. The quantitative estimate of drug-likeness (QED) is 0.323. The average molecular weight is 528 g/mol. The Morgan fingerprint density at radius 3 is 2.50 bits per heavy atom. The van der Waals surface area contributed by atoms with E-state index in [9.17, 15) is 14.7 Å². The number of nitrogens with one attached hydrogen (secondary N) is 2. The molecule has 1 aliphatic rings. The van der Waals surface area contributed by atoms with Crippen molar-refractivity contribution in [2.45, 2.75) is 38.3 Å². The molecule has 0 bridgehead atoms. The molecule has 0 spiro atoms. The lowest BCUT2D eigenvalue weighted by molar-refractivity contribution is -0.139. The van der Waals surface area contributed by atoms with Gasteiger partial charge in [0, 0.05) is 25.1 Å². The summed E-state index contributed by atoms with van der Waals surface area (Å²) in [6.07, 6.45) is 3.04. The fourth-order valence-corrected chi connectivity index (χ4v) is 4.60. The highest BCUT2D eigenvalue weighted by Crippen LogP contribution is 2.24. The number of hydrogen-bond donors (Lipinski definition) is 3. The van der Waals surface area contributed by atoms with E-state index in [0.717, 1.165) is 48.4 Å². The van der Waals surface area contributed by atoms with Crippen molar-refractivity contribution in [3.8, 4) is 0 Å². The monoisotopic (exact) mass is 527 g/mol. The summed E-state index contributed by atoms with van der Waals surface area (Å²) in [5.41, 5.74) is 4.06. The highest BCUT2D eigenvalue weighted by Gasteiger charge is 2.23. The lowest BCUT2D eigenvalue weighted by Gasteiger charge is -2.17. The molecular weight excluding hydrogens is 501 g/mol. The number of anilines is 1. The van der Waals surface area contributed by atoms with Crippen LogP contribution in [0.5, 0.6) is 0 Å². The number of hydrogen-bond acceptors (Lipinski definition) is 5. The molecule has 36 heavy (non-hydrogen) atoms. The van der Waals surface area contributed by atoms with Crippen LogP contribution in [0, 0.1) is 0 Å². The standard InChI is InChI=1S/C27H27Cl2N3O4/c28-21-4-1-5-22(29)24(21)26(33)32-23(27(34)35)15-17-6-8-18(9-7-17)16-36-14-12-20-11-10-19-3-2-13-30-25(19)31-20/h1,4-11,23H,2-3,12-16H2,(H,30,31)(H,32,33)(H,34,35)/t23-/m1/s1. The van der Waals surface area contributed by atoms with E-state index in [4.69, 9.17) is 27.9 Å². The van der Waals surface area contributed by atoms with Gasteiger partial charge >= 0.3 is 5.97 Å². The summed E-state index contributed by atoms with van der Waals surface area (Å²) in [4.78, 5) is 29.0. The number of halogens is 2. The Morgan fingerprint density at radius 1 is 1.06 bits per heavy atom. The van der Waals surface area contributed by atoms with Crippen LogP contribution in [-0.4, -0.2) is 41.2 Å². The SMILES string of the molecule is O=C(N[C@H](Cc1ccc(COCCc2ccc3c(n2)NCCC3)cc1)C(=O)O)c1c(Cl)cccc1Cl. The fraction of sp³-hybridized carbons (Fsp3) is 0.296. The van der Waals surface area contributed by atoms with Gasteiger partial charge in [0.25, 0.3) is 5.91 Å². The van der Waals surface area contributed by atoms with Crippen molar-refractivity contribution < 1.29 is 19.4 Å². The second kappa shape index (κ2) is 12.2. The number of rotatable bonds is 10. The predicted octanol–water partition coefficient (Wildman–Crippen LogP) is 4.93. The first-order chi connectivity index (χ1) is 17.4. The Hall–Kier alpha value is -3.13. The molecule has 0 fully saturated rings. The van der Waals surface area contributed by atoms with E-state index in [1.54, 1.807) is 6.07 Å². The molecule has 0 saturated heterocycles. The molecule has 1 aromatic heterocycles. The van der Waals surface area contributed by atoms with Crippen LogP contribution in [0.4, 0.5) is 5.82 Å². The van der Waals surface area contributed by atoms with Crippen LogP contribution < -0.4 is 10.6 Å². The molecule has 0 saturated carbocycles. The molecule has 3 aromatic rings. The lowest BCUT2D eigenvalue weighted by Crippen LogP contribution is -2.42. The zero-order chi connectivity index (χ0) is 25.5. The van der Waals surface area contributed by atoms with Gasteiger partial charge in [0.2, 0.25) is 0 Å². The number of carboxylic acids is 1. The summed E-state index contributed by atoms with van der Waals surface area (Å²) in [5, 5.41) is 15.8. The van der Waals surface area contributed by atoms with Crippen LogP contribution in [-0.2, 0) is 35.4 Å². The third-order valence-corrected chi connectivity index (χ3v) is 6.61. The number of nitrogens with zero attached hydrogens (tertiary/aromatic N) is 1. The Kier molecular flexibility index (Phi) is 8.80. The first-order valence-corrected chi connectivity index (χ1v) is 12.5. The lowest BCUT2D eigenvalue weighted by atomic mass is 10.0. The van der Waals surface area contributed by atoms with Crippen LogP contribution in [0.1, 0.15) is 39.2 Å². The number of aromatic nitrogens is 1. The number of carboxylic acid groups (broad SMARTS) is 1. The van der Waals surface area contributed by atoms with E-state index < -0.39 is 17.9 Å². The third-order valence-electron chi connectivity index (χ3n) is 5.98. The summed E-state index contributed by atoms with van der Waals surface area (Å²) in [7, 11) is 0. The molecule has 3 N–H and O–H groups in total. The minimum absolute atomic E-state index is 0.0569. The van der Waals surface area contributed by atoms with Crippen LogP contribution in [0.3, 0.4) is 0 Å².